The first-order valence-electron chi connectivity index (χ1n) is 5.61. The molecule has 2 aromatic heterocycles. The lowest BCUT2D eigenvalue weighted by Crippen LogP contribution is -2.33. The summed E-state index contributed by atoms with van der Waals surface area (Å²) in [7, 11) is 1.61. The van der Waals surface area contributed by atoms with Crippen LogP contribution in [0.2, 0.25) is 0 Å². The second kappa shape index (κ2) is 5.81. The van der Waals surface area contributed by atoms with Crippen molar-refractivity contribution in [2.75, 3.05) is 6.54 Å². The normalized spacial score (nSPS) is 10.6. The van der Waals surface area contributed by atoms with Gasteiger partial charge in [0.1, 0.15) is 5.03 Å². The summed E-state index contributed by atoms with van der Waals surface area (Å²) in [4.78, 5) is 30.4. The molecule has 19 heavy (non-hydrogen) atoms. The van der Waals surface area contributed by atoms with Crippen LogP contribution < -0.4 is 16.9 Å². The first kappa shape index (κ1) is 13.5. The van der Waals surface area contributed by atoms with Gasteiger partial charge in [-0.1, -0.05) is 6.07 Å². The van der Waals surface area contributed by atoms with Gasteiger partial charge < -0.3 is 5.73 Å². The van der Waals surface area contributed by atoms with E-state index >= 15 is 0 Å². The Kier molecular flexibility index (Phi) is 4.13. The van der Waals surface area contributed by atoms with Gasteiger partial charge in [-0.25, -0.2) is 4.98 Å². The molecule has 0 aliphatic carbocycles. The molecule has 0 saturated heterocycles. The molecule has 3 N–H and O–H groups in total. The van der Waals surface area contributed by atoms with Crippen molar-refractivity contribution in [2.24, 2.45) is 12.8 Å². The molecule has 0 aliphatic rings. The highest BCUT2D eigenvalue weighted by atomic mass is 32.2. The smallest absolute Gasteiger partial charge is 0.330 e. The highest BCUT2D eigenvalue weighted by molar-refractivity contribution is 7.99. The molecule has 0 radical (unpaired) electrons. The Morgan fingerprint density at radius 1 is 1.47 bits per heavy atom. The molecule has 0 unspecified atom stereocenters. The molecule has 0 aliphatic heterocycles. The number of aryl methyl sites for hydroxylation is 1. The van der Waals surface area contributed by atoms with Gasteiger partial charge in [0.05, 0.1) is 0 Å². The summed E-state index contributed by atoms with van der Waals surface area (Å²) in [5.41, 5.74) is 4.97. The highest BCUT2D eigenvalue weighted by Gasteiger charge is 2.10. The van der Waals surface area contributed by atoms with Gasteiger partial charge in [0.15, 0.2) is 5.16 Å². The minimum absolute atomic E-state index is 0.376. The number of aromatic nitrogens is 4. The predicted molar refractivity (Wildman–Crippen MR) is 71.2 cm³/mol. The summed E-state index contributed by atoms with van der Waals surface area (Å²) in [6.45, 7) is 0.511. The number of rotatable bonds is 4. The summed E-state index contributed by atoms with van der Waals surface area (Å²) in [6.07, 6.45) is 2.35. The van der Waals surface area contributed by atoms with E-state index in [2.05, 4.69) is 15.1 Å². The molecule has 0 aromatic carbocycles. The van der Waals surface area contributed by atoms with Crippen molar-refractivity contribution in [3.8, 4) is 0 Å². The lowest BCUT2D eigenvalue weighted by molar-refractivity contribution is 0.596. The second-order valence-electron chi connectivity index (χ2n) is 3.81. The molecule has 8 heteroatoms. The molecule has 2 rings (SSSR count). The van der Waals surface area contributed by atoms with E-state index in [0.717, 1.165) is 10.6 Å². The van der Waals surface area contributed by atoms with Gasteiger partial charge in [0, 0.05) is 13.2 Å². The van der Waals surface area contributed by atoms with E-state index in [4.69, 9.17) is 5.73 Å². The number of aromatic amines is 1. The van der Waals surface area contributed by atoms with Crippen molar-refractivity contribution in [1.29, 1.82) is 0 Å². The molecule has 7 nitrogen and oxygen atoms in total. The Morgan fingerprint density at radius 3 is 3.00 bits per heavy atom. The molecular formula is C11H13N5O2S. The monoisotopic (exact) mass is 279 g/mol. The van der Waals surface area contributed by atoms with Crippen molar-refractivity contribution < 1.29 is 0 Å². The summed E-state index contributed by atoms with van der Waals surface area (Å²) < 4.78 is 1.40. The highest BCUT2D eigenvalue weighted by Crippen LogP contribution is 2.25. The molecule has 0 saturated carbocycles. The lowest BCUT2D eigenvalue weighted by atomic mass is 10.2. The Labute approximate surface area is 112 Å². The SMILES string of the molecule is Cn1[nH]c(=O)c(=O)nc1Sc1ncccc1CCN. The largest absolute Gasteiger partial charge is 0.339 e. The van der Waals surface area contributed by atoms with Gasteiger partial charge in [-0.05, 0) is 36.4 Å². The van der Waals surface area contributed by atoms with Crippen LogP contribution in [0.15, 0.2) is 38.1 Å². The molecule has 0 fully saturated rings. The topological polar surface area (TPSA) is 107 Å². The van der Waals surface area contributed by atoms with E-state index in [1.807, 2.05) is 12.1 Å². The van der Waals surface area contributed by atoms with Crippen LogP contribution >= 0.6 is 11.8 Å². The molecule has 0 bridgehead atoms. The average molecular weight is 279 g/mol. The molecular weight excluding hydrogens is 266 g/mol. The predicted octanol–water partition coefficient (Wildman–Crippen LogP) is -0.484. The van der Waals surface area contributed by atoms with Gasteiger partial charge in [-0.15, -0.1) is 0 Å². The fraction of sp³-hybridized carbons (Fsp3) is 0.273. The van der Waals surface area contributed by atoms with Crippen LogP contribution in [0.4, 0.5) is 0 Å². The molecule has 2 heterocycles. The van der Waals surface area contributed by atoms with Gasteiger partial charge in [0.25, 0.3) is 0 Å². The van der Waals surface area contributed by atoms with Gasteiger partial charge in [0.2, 0.25) is 0 Å². The van der Waals surface area contributed by atoms with Crippen molar-refractivity contribution in [3.05, 3.63) is 44.6 Å². The van der Waals surface area contributed by atoms with E-state index in [1.165, 1.54) is 16.4 Å². The Hall–Kier alpha value is -1.93. The number of nitrogens with one attached hydrogen (secondary N) is 1. The first-order valence-corrected chi connectivity index (χ1v) is 6.42. The Bertz CT molecular complexity index is 694. The van der Waals surface area contributed by atoms with Crippen molar-refractivity contribution in [1.82, 2.24) is 19.7 Å². The fourth-order valence-electron chi connectivity index (χ4n) is 1.50. The maximum Gasteiger partial charge on any atom is 0.339 e. The number of pyridine rings is 1. The summed E-state index contributed by atoms with van der Waals surface area (Å²) in [5.74, 6) is 0. The maximum atomic E-state index is 11.3. The zero-order valence-corrected chi connectivity index (χ0v) is 11.1. The van der Waals surface area contributed by atoms with Crippen LogP contribution in [-0.4, -0.2) is 26.3 Å². The second-order valence-corrected chi connectivity index (χ2v) is 4.76. The van der Waals surface area contributed by atoms with Crippen molar-refractivity contribution in [2.45, 2.75) is 16.6 Å². The third-order valence-electron chi connectivity index (χ3n) is 2.40. The summed E-state index contributed by atoms with van der Waals surface area (Å²) in [6, 6.07) is 3.75. The Morgan fingerprint density at radius 2 is 2.26 bits per heavy atom. The molecule has 0 atom stereocenters. The van der Waals surface area contributed by atoms with E-state index in [9.17, 15) is 9.59 Å². The van der Waals surface area contributed by atoms with Crippen LogP contribution in [0.25, 0.3) is 0 Å². The van der Waals surface area contributed by atoms with Crippen LogP contribution in [-0.2, 0) is 13.5 Å². The number of H-pyrrole nitrogens is 1. The summed E-state index contributed by atoms with van der Waals surface area (Å²) in [5, 5.41) is 3.49. The van der Waals surface area contributed by atoms with Gasteiger partial charge in [-0.3, -0.25) is 19.4 Å². The third-order valence-corrected chi connectivity index (χ3v) is 3.51. The molecule has 0 amide bonds. The van der Waals surface area contributed by atoms with E-state index in [1.54, 1.807) is 13.2 Å². The molecule has 100 valence electrons. The zero-order chi connectivity index (χ0) is 13.8. The third kappa shape index (κ3) is 3.09. The van der Waals surface area contributed by atoms with Crippen LogP contribution in [0, 0.1) is 0 Å². The van der Waals surface area contributed by atoms with Crippen LogP contribution in [0.1, 0.15) is 5.56 Å². The zero-order valence-electron chi connectivity index (χ0n) is 10.3. The number of hydrogen-bond donors (Lipinski definition) is 2. The lowest BCUT2D eigenvalue weighted by Gasteiger charge is -2.08. The standard InChI is InChI=1S/C11H13N5O2S/c1-16-11(14-8(17)9(18)15-16)19-10-7(4-5-12)3-2-6-13-10/h2-3,6H,4-5,12H2,1H3,(H,15,18). The van der Waals surface area contributed by atoms with E-state index in [-0.39, 0.29) is 0 Å². The molecule has 2 aromatic rings. The number of nitrogens with two attached hydrogens (primary N) is 1. The van der Waals surface area contributed by atoms with Crippen LogP contribution in [0.5, 0.6) is 0 Å². The molecule has 0 spiro atoms. The fourth-order valence-corrected chi connectivity index (χ4v) is 2.40. The van der Waals surface area contributed by atoms with Crippen LogP contribution in [0.3, 0.4) is 0 Å². The maximum absolute atomic E-state index is 11.3. The number of nitrogens with zero attached hydrogens (tertiary/aromatic N) is 3. The number of hydrogen-bond acceptors (Lipinski definition) is 6. The van der Waals surface area contributed by atoms with Crippen molar-refractivity contribution in [3.63, 3.8) is 0 Å². The van der Waals surface area contributed by atoms with E-state index < -0.39 is 11.1 Å². The van der Waals surface area contributed by atoms with Gasteiger partial charge >= 0.3 is 11.1 Å². The average Bonchev–Trinajstić information content (AvgIpc) is 2.38. The van der Waals surface area contributed by atoms with E-state index in [0.29, 0.717) is 18.1 Å². The first-order chi connectivity index (χ1) is 9.11. The Balaban J connectivity index is 2.39. The summed E-state index contributed by atoms with van der Waals surface area (Å²) >= 11 is 1.22. The van der Waals surface area contributed by atoms with Gasteiger partial charge in [-0.2, -0.15) is 4.98 Å². The van der Waals surface area contributed by atoms with Crippen molar-refractivity contribution >= 4 is 11.8 Å². The minimum Gasteiger partial charge on any atom is -0.330 e. The quantitative estimate of drug-likeness (QED) is 0.732. The minimum atomic E-state index is -0.808.